The fourth-order valence-electron chi connectivity index (χ4n) is 2.66. The number of carbonyl (C=O) groups is 1. The van der Waals surface area contributed by atoms with Crippen LogP contribution in [0.2, 0.25) is 0 Å². The van der Waals surface area contributed by atoms with Crippen LogP contribution in [-0.2, 0) is 10.0 Å². The zero-order chi connectivity index (χ0) is 16.2. The Hall–Kier alpha value is -1.15. The van der Waals surface area contributed by atoms with E-state index >= 15 is 0 Å². The lowest BCUT2D eigenvalue weighted by Crippen LogP contribution is -2.35. The monoisotopic (exact) mass is 345 g/mol. The molecule has 1 fully saturated rings. The average Bonchev–Trinajstić information content (AvgIpc) is 2.71. The van der Waals surface area contributed by atoms with Crippen LogP contribution in [0.4, 0.5) is 5.13 Å². The number of sulfonamides is 1. The van der Waals surface area contributed by atoms with Crippen molar-refractivity contribution in [2.45, 2.75) is 57.9 Å². The average molecular weight is 345 g/mol. The second-order valence-corrected chi connectivity index (χ2v) is 8.57. The lowest BCUT2D eigenvalue weighted by molar-refractivity contribution is 0.0933. The number of rotatable bonds is 4. The van der Waals surface area contributed by atoms with Crippen LogP contribution in [-0.4, -0.2) is 31.6 Å². The van der Waals surface area contributed by atoms with Crippen molar-refractivity contribution in [2.75, 3.05) is 11.0 Å². The maximum Gasteiger partial charge on any atom is 0.263 e. The summed E-state index contributed by atoms with van der Waals surface area (Å²) in [5.41, 5.74) is 0.555. The van der Waals surface area contributed by atoms with E-state index < -0.39 is 10.0 Å². The number of anilines is 1. The van der Waals surface area contributed by atoms with Crippen molar-refractivity contribution in [3.8, 4) is 0 Å². The number of thiazole rings is 1. The number of nitrogens with one attached hydrogen (secondary N) is 2. The molecular weight excluding hydrogens is 322 g/mol. The van der Waals surface area contributed by atoms with E-state index in [1.54, 1.807) is 6.92 Å². The Morgan fingerprint density at radius 1 is 1.18 bits per heavy atom. The van der Waals surface area contributed by atoms with Gasteiger partial charge in [-0.2, -0.15) is 0 Å². The summed E-state index contributed by atoms with van der Waals surface area (Å²) >= 11 is 1.08. The first-order chi connectivity index (χ1) is 10.3. The summed E-state index contributed by atoms with van der Waals surface area (Å²) < 4.78 is 24.8. The zero-order valence-corrected chi connectivity index (χ0v) is 14.6. The van der Waals surface area contributed by atoms with Gasteiger partial charge in [0.2, 0.25) is 10.0 Å². The molecule has 0 aliphatic heterocycles. The molecule has 6 nitrogen and oxygen atoms in total. The molecule has 0 aromatic carbocycles. The van der Waals surface area contributed by atoms with Crippen LogP contribution in [0.3, 0.4) is 0 Å². The highest BCUT2D eigenvalue weighted by Crippen LogP contribution is 2.24. The Balaban J connectivity index is 2.02. The quantitative estimate of drug-likeness (QED) is 0.878. The maximum absolute atomic E-state index is 12.4. The zero-order valence-electron chi connectivity index (χ0n) is 13.0. The predicted octanol–water partition coefficient (Wildman–Crippen LogP) is 2.67. The molecular formula is C14H23N3O3S2. The summed E-state index contributed by atoms with van der Waals surface area (Å²) in [6.07, 6.45) is 9.13. The van der Waals surface area contributed by atoms with E-state index in [0.717, 1.165) is 43.3 Å². The summed E-state index contributed by atoms with van der Waals surface area (Å²) in [6, 6.07) is 0.209. The molecule has 1 aromatic heterocycles. The highest BCUT2D eigenvalue weighted by atomic mass is 32.2. The van der Waals surface area contributed by atoms with Gasteiger partial charge in [0.1, 0.15) is 4.88 Å². The van der Waals surface area contributed by atoms with E-state index in [2.05, 4.69) is 15.0 Å². The number of hydrogen-bond acceptors (Lipinski definition) is 5. The lowest BCUT2D eigenvalue weighted by Gasteiger charge is -2.20. The summed E-state index contributed by atoms with van der Waals surface area (Å²) in [6.45, 7) is 1.72. The highest BCUT2D eigenvalue weighted by molar-refractivity contribution is 7.92. The van der Waals surface area contributed by atoms with Crippen molar-refractivity contribution >= 4 is 32.4 Å². The fourth-order valence-corrected chi connectivity index (χ4v) is 4.37. The molecule has 0 unspecified atom stereocenters. The third-order valence-electron chi connectivity index (χ3n) is 3.72. The number of aromatic nitrogens is 1. The summed E-state index contributed by atoms with van der Waals surface area (Å²) in [7, 11) is -3.38. The van der Waals surface area contributed by atoms with E-state index in [-0.39, 0.29) is 17.1 Å². The summed E-state index contributed by atoms with van der Waals surface area (Å²) in [4.78, 5) is 17.0. The van der Waals surface area contributed by atoms with Gasteiger partial charge in [0, 0.05) is 6.04 Å². The lowest BCUT2D eigenvalue weighted by atomic mass is 9.97. The molecule has 124 valence electrons. The molecule has 1 amide bonds. The first-order valence-corrected chi connectivity index (χ1v) is 10.3. The van der Waals surface area contributed by atoms with Gasteiger partial charge in [-0.3, -0.25) is 9.52 Å². The van der Waals surface area contributed by atoms with Crippen LogP contribution in [0.25, 0.3) is 0 Å². The second kappa shape index (κ2) is 7.41. The molecule has 2 rings (SSSR count). The van der Waals surface area contributed by atoms with Crippen LogP contribution in [0.5, 0.6) is 0 Å². The molecule has 1 heterocycles. The largest absolute Gasteiger partial charge is 0.349 e. The molecule has 0 saturated heterocycles. The molecule has 0 atom stereocenters. The van der Waals surface area contributed by atoms with Gasteiger partial charge >= 0.3 is 0 Å². The first kappa shape index (κ1) is 17.2. The van der Waals surface area contributed by atoms with Crippen LogP contribution >= 0.6 is 11.3 Å². The molecule has 0 radical (unpaired) electrons. The minimum absolute atomic E-state index is 0.151. The third kappa shape index (κ3) is 5.24. The normalized spacial score (nSPS) is 17.5. The highest BCUT2D eigenvalue weighted by Gasteiger charge is 2.20. The number of carbonyl (C=O) groups excluding carboxylic acids is 1. The predicted molar refractivity (Wildman–Crippen MR) is 88.9 cm³/mol. The second-order valence-electron chi connectivity index (χ2n) is 5.82. The fraction of sp³-hybridized carbons (Fsp3) is 0.714. The van der Waals surface area contributed by atoms with Crippen molar-refractivity contribution in [3.05, 3.63) is 10.6 Å². The molecule has 1 saturated carbocycles. The van der Waals surface area contributed by atoms with Crippen molar-refractivity contribution in [2.24, 2.45) is 0 Å². The topological polar surface area (TPSA) is 88.2 Å². The van der Waals surface area contributed by atoms with Crippen LogP contribution < -0.4 is 10.0 Å². The Morgan fingerprint density at radius 3 is 2.36 bits per heavy atom. The van der Waals surface area contributed by atoms with Gasteiger partial charge in [-0.15, -0.1) is 0 Å². The Bertz CT molecular complexity index is 617. The summed E-state index contributed by atoms with van der Waals surface area (Å²) in [5, 5.41) is 3.31. The first-order valence-electron chi connectivity index (χ1n) is 7.61. The SMILES string of the molecule is Cc1nc(NS(C)(=O)=O)sc1C(=O)NC1CCCCCCC1. The molecule has 0 bridgehead atoms. The third-order valence-corrected chi connectivity index (χ3v) is 5.48. The molecule has 2 N–H and O–H groups in total. The summed E-state index contributed by atoms with van der Waals surface area (Å²) in [5.74, 6) is -0.151. The van der Waals surface area contributed by atoms with Gasteiger partial charge in [-0.1, -0.05) is 43.4 Å². The Kier molecular flexibility index (Phi) is 5.80. The molecule has 22 heavy (non-hydrogen) atoms. The number of hydrogen-bond donors (Lipinski definition) is 2. The molecule has 0 spiro atoms. The van der Waals surface area contributed by atoms with Gasteiger partial charge in [0.05, 0.1) is 11.9 Å². The van der Waals surface area contributed by atoms with Gasteiger partial charge < -0.3 is 5.32 Å². The van der Waals surface area contributed by atoms with E-state index in [4.69, 9.17) is 0 Å². The van der Waals surface area contributed by atoms with Gasteiger partial charge in [0.25, 0.3) is 5.91 Å². The van der Waals surface area contributed by atoms with Crippen molar-refractivity contribution < 1.29 is 13.2 Å². The van der Waals surface area contributed by atoms with E-state index in [9.17, 15) is 13.2 Å². The Morgan fingerprint density at radius 2 is 1.77 bits per heavy atom. The van der Waals surface area contributed by atoms with Crippen molar-refractivity contribution in [1.82, 2.24) is 10.3 Å². The minimum Gasteiger partial charge on any atom is -0.349 e. The van der Waals surface area contributed by atoms with Gasteiger partial charge in [0.15, 0.2) is 5.13 Å². The van der Waals surface area contributed by atoms with Crippen LogP contribution in [0.15, 0.2) is 0 Å². The van der Waals surface area contributed by atoms with Crippen molar-refractivity contribution in [1.29, 1.82) is 0 Å². The maximum atomic E-state index is 12.4. The van der Waals surface area contributed by atoms with E-state index in [0.29, 0.717) is 10.6 Å². The van der Waals surface area contributed by atoms with Gasteiger partial charge in [-0.05, 0) is 19.8 Å². The molecule has 1 aliphatic carbocycles. The molecule has 8 heteroatoms. The number of aryl methyl sites for hydroxylation is 1. The molecule has 1 aliphatic rings. The molecule has 1 aromatic rings. The number of nitrogens with zero attached hydrogens (tertiary/aromatic N) is 1. The minimum atomic E-state index is -3.38. The van der Waals surface area contributed by atoms with Crippen LogP contribution in [0, 0.1) is 6.92 Å². The van der Waals surface area contributed by atoms with E-state index in [1.165, 1.54) is 19.3 Å². The number of amides is 1. The van der Waals surface area contributed by atoms with Crippen LogP contribution in [0.1, 0.15) is 60.3 Å². The van der Waals surface area contributed by atoms with Crippen molar-refractivity contribution in [3.63, 3.8) is 0 Å². The van der Waals surface area contributed by atoms with E-state index in [1.807, 2.05) is 0 Å². The van der Waals surface area contributed by atoms with Gasteiger partial charge in [-0.25, -0.2) is 13.4 Å². The Labute approximate surface area is 135 Å². The standard InChI is InChI=1S/C14H23N3O3S2/c1-10-12(21-14(15-10)17-22(2,19)20)13(18)16-11-8-6-4-3-5-7-9-11/h11H,3-9H2,1-2H3,(H,15,17)(H,16,18). The smallest absolute Gasteiger partial charge is 0.263 e.